The van der Waals surface area contributed by atoms with Crippen molar-refractivity contribution in [2.45, 2.75) is 4.90 Å². The minimum atomic E-state index is -1.43. The number of halogens is 2. The summed E-state index contributed by atoms with van der Waals surface area (Å²) in [5, 5.41) is 6.86. The second kappa shape index (κ2) is 7.92. The van der Waals surface area contributed by atoms with Crippen LogP contribution in [0.5, 0.6) is 0 Å². The monoisotopic (exact) mass is 450 g/mol. The van der Waals surface area contributed by atoms with Crippen LogP contribution in [0, 0.1) is 0 Å². The van der Waals surface area contributed by atoms with Crippen LogP contribution in [0.15, 0.2) is 58.9 Å². The van der Waals surface area contributed by atoms with Gasteiger partial charge in [0.2, 0.25) is 0 Å². The SMILES string of the molecule is O=C(Nc1ccc(S(=O)Nc2nccs2)cc1)c1cc2cc(Cl)cc(Cl)c2[nH]1. The molecule has 4 rings (SSSR count). The Kier molecular flexibility index (Phi) is 5.36. The fraction of sp³-hybridized carbons (Fsp3) is 0. The molecule has 0 aliphatic heterocycles. The average Bonchev–Trinajstić information content (AvgIpc) is 3.32. The van der Waals surface area contributed by atoms with E-state index < -0.39 is 11.0 Å². The summed E-state index contributed by atoms with van der Waals surface area (Å²) in [6, 6.07) is 11.7. The minimum Gasteiger partial charge on any atom is -0.349 e. The molecule has 2 aromatic heterocycles. The van der Waals surface area contributed by atoms with Crippen molar-refractivity contribution in [2.24, 2.45) is 0 Å². The number of amides is 1. The third-order valence-electron chi connectivity index (χ3n) is 3.83. The van der Waals surface area contributed by atoms with Gasteiger partial charge >= 0.3 is 0 Å². The lowest BCUT2D eigenvalue weighted by molar-refractivity contribution is 0.102. The van der Waals surface area contributed by atoms with E-state index in [0.29, 0.717) is 37.0 Å². The van der Waals surface area contributed by atoms with E-state index >= 15 is 0 Å². The number of fused-ring (bicyclic) bond motifs is 1. The fourth-order valence-electron chi connectivity index (χ4n) is 2.56. The molecule has 0 saturated carbocycles. The molecule has 0 radical (unpaired) electrons. The first-order valence-electron chi connectivity index (χ1n) is 7.97. The predicted molar refractivity (Wildman–Crippen MR) is 115 cm³/mol. The number of hydrogen-bond acceptors (Lipinski definition) is 4. The zero-order chi connectivity index (χ0) is 19.7. The van der Waals surface area contributed by atoms with Gasteiger partial charge < -0.3 is 10.3 Å². The Hall–Kier alpha value is -2.39. The van der Waals surface area contributed by atoms with E-state index in [1.54, 1.807) is 54.0 Å². The smallest absolute Gasteiger partial charge is 0.272 e. The molecule has 0 spiro atoms. The lowest BCUT2D eigenvalue weighted by atomic mass is 10.2. The molecule has 1 unspecified atom stereocenters. The van der Waals surface area contributed by atoms with Crippen molar-refractivity contribution in [1.82, 2.24) is 9.97 Å². The van der Waals surface area contributed by atoms with Crippen LogP contribution in [-0.2, 0) is 11.0 Å². The van der Waals surface area contributed by atoms with Crippen LogP contribution < -0.4 is 10.0 Å². The van der Waals surface area contributed by atoms with Crippen molar-refractivity contribution in [3.63, 3.8) is 0 Å². The summed E-state index contributed by atoms with van der Waals surface area (Å²) in [5.74, 6) is -0.321. The van der Waals surface area contributed by atoms with Crippen LogP contribution >= 0.6 is 34.5 Å². The lowest BCUT2D eigenvalue weighted by Crippen LogP contribution is -2.12. The zero-order valence-corrected chi connectivity index (χ0v) is 17.2. The van der Waals surface area contributed by atoms with Gasteiger partial charge in [-0.15, -0.1) is 11.3 Å². The average molecular weight is 451 g/mol. The van der Waals surface area contributed by atoms with Gasteiger partial charge in [-0.3, -0.25) is 9.52 Å². The van der Waals surface area contributed by atoms with Crippen molar-refractivity contribution in [1.29, 1.82) is 0 Å². The number of nitrogens with zero attached hydrogens (tertiary/aromatic N) is 1. The van der Waals surface area contributed by atoms with Crippen LogP contribution in [0.1, 0.15) is 10.5 Å². The number of hydrogen-bond donors (Lipinski definition) is 3. The van der Waals surface area contributed by atoms with Crippen LogP contribution in [0.2, 0.25) is 10.0 Å². The molecule has 142 valence electrons. The van der Waals surface area contributed by atoms with Crippen LogP contribution in [0.4, 0.5) is 10.8 Å². The molecule has 0 bridgehead atoms. The molecule has 1 amide bonds. The second-order valence-electron chi connectivity index (χ2n) is 5.72. The summed E-state index contributed by atoms with van der Waals surface area (Å²) < 4.78 is 15.1. The number of thiazole rings is 1. The van der Waals surface area contributed by atoms with E-state index in [2.05, 4.69) is 20.0 Å². The number of benzene rings is 2. The number of anilines is 2. The highest BCUT2D eigenvalue weighted by Gasteiger charge is 2.13. The van der Waals surface area contributed by atoms with Gasteiger partial charge in [0.1, 0.15) is 5.69 Å². The first-order valence-corrected chi connectivity index (χ1v) is 10.8. The van der Waals surface area contributed by atoms with Crippen molar-refractivity contribution >= 4 is 73.2 Å². The summed E-state index contributed by atoms with van der Waals surface area (Å²) in [5.41, 5.74) is 1.58. The number of carbonyl (C=O) groups excluding carboxylic acids is 1. The van der Waals surface area contributed by atoms with E-state index in [4.69, 9.17) is 23.2 Å². The molecule has 10 heteroatoms. The Balaban J connectivity index is 1.47. The maximum atomic E-state index is 12.5. The van der Waals surface area contributed by atoms with Gasteiger partial charge in [0.15, 0.2) is 16.1 Å². The van der Waals surface area contributed by atoms with Gasteiger partial charge in [0.05, 0.1) is 15.4 Å². The Morgan fingerprint density at radius 2 is 1.93 bits per heavy atom. The maximum absolute atomic E-state index is 12.5. The normalized spacial score (nSPS) is 12.1. The standard InChI is InChI=1S/C18H12Cl2N4O2S2/c19-11-7-10-8-15(23-16(10)14(20)9-11)17(25)22-12-1-3-13(4-2-12)28(26)24-18-21-5-6-27-18/h1-9,23H,(H,21,24)(H,22,25). The molecular weight excluding hydrogens is 439 g/mol. The van der Waals surface area contributed by atoms with Gasteiger partial charge in [-0.1, -0.05) is 23.2 Å². The molecule has 0 fully saturated rings. The van der Waals surface area contributed by atoms with E-state index in [9.17, 15) is 9.00 Å². The molecule has 0 saturated heterocycles. The number of aromatic nitrogens is 2. The number of nitrogens with one attached hydrogen (secondary N) is 3. The minimum absolute atomic E-state index is 0.321. The first-order chi connectivity index (χ1) is 13.5. The molecule has 6 nitrogen and oxygen atoms in total. The van der Waals surface area contributed by atoms with E-state index in [1.807, 2.05) is 0 Å². The van der Waals surface area contributed by atoms with Gasteiger partial charge in [-0.25, -0.2) is 9.19 Å². The lowest BCUT2D eigenvalue weighted by Gasteiger charge is -2.06. The number of aromatic amines is 1. The summed E-state index contributed by atoms with van der Waals surface area (Å²) in [6.45, 7) is 0. The largest absolute Gasteiger partial charge is 0.349 e. The van der Waals surface area contributed by atoms with Gasteiger partial charge in [0.25, 0.3) is 5.91 Å². The summed E-state index contributed by atoms with van der Waals surface area (Å²) >= 11 is 13.5. The summed E-state index contributed by atoms with van der Waals surface area (Å²) in [7, 11) is -1.43. The topological polar surface area (TPSA) is 86.9 Å². The van der Waals surface area contributed by atoms with Crippen LogP contribution in [0.3, 0.4) is 0 Å². The van der Waals surface area contributed by atoms with Gasteiger partial charge in [-0.05, 0) is 42.5 Å². The van der Waals surface area contributed by atoms with E-state index in [1.165, 1.54) is 11.3 Å². The highest BCUT2D eigenvalue weighted by molar-refractivity contribution is 7.86. The highest BCUT2D eigenvalue weighted by Crippen LogP contribution is 2.28. The van der Waals surface area contributed by atoms with Crippen molar-refractivity contribution in [3.05, 3.63) is 69.8 Å². The van der Waals surface area contributed by atoms with E-state index in [-0.39, 0.29) is 5.91 Å². The molecule has 2 aromatic carbocycles. The molecule has 28 heavy (non-hydrogen) atoms. The Labute approximate surface area is 176 Å². The third kappa shape index (κ3) is 4.05. The van der Waals surface area contributed by atoms with Gasteiger partial charge in [0, 0.05) is 27.7 Å². The predicted octanol–water partition coefficient (Wildman–Crippen LogP) is 5.32. The molecule has 2 heterocycles. The molecule has 3 N–H and O–H groups in total. The number of H-pyrrole nitrogens is 1. The molecule has 1 atom stereocenters. The Morgan fingerprint density at radius 1 is 1.14 bits per heavy atom. The number of carbonyl (C=O) groups is 1. The maximum Gasteiger partial charge on any atom is 0.272 e. The quantitative estimate of drug-likeness (QED) is 0.384. The molecule has 0 aliphatic carbocycles. The second-order valence-corrected chi connectivity index (χ2v) is 8.67. The van der Waals surface area contributed by atoms with Crippen LogP contribution in [0.25, 0.3) is 10.9 Å². The van der Waals surface area contributed by atoms with Crippen LogP contribution in [-0.4, -0.2) is 20.1 Å². The first kappa shape index (κ1) is 18.9. The van der Waals surface area contributed by atoms with Crippen molar-refractivity contribution < 1.29 is 9.00 Å². The summed E-state index contributed by atoms with van der Waals surface area (Å²) in [6.07, 6.45) is 1.63. The van der Waals surface area contributed by atoms with Crippen molar-refractivity contribution in [3.8, 4) is 0 Å². The number of rotatable bonds is 5. The Morgan fingerprint density at radius 3 is 2.64 bits per heavy atom. The summed E-state index contributed by atoms with van der Waals surface area (Å²) in [4.78, 5) is 20.1. The zero-order valence-electron chi connectivity index (χ0n) is 14.0. The highest BCUT2D eigenvalue weighted by atomic mass is 35.5. The Bertz CT molecular complexity index is 1170. The van der Waals surface area contributed by atoms with Crippen molar-refractivity contribution in [2.75, 3.05) is 10.0 Å². The van der Waals surface area contributed by atoms with Gasteiger partial charge in [-0.2, -0.15) is 0 Å². The van der Waals surface area contributed by atoms with E-state index in [0.717, 1.165) is 5.39 Å². The third-order valence-corrected chi connectivity index (χ3v) is 6.24. The molecular formula is C18H12Cl2N4O2S2. The molecule has 4 aromatic rings. The fourth-order valence-corrected chi connectivity index (χ4v) is 4.62. The molecule has 0 aliphatic rings.